The van der Waals surface area contributed by atoms with Crippen LogP contribution in [-0.2, 0) is 14.2 Å². The molecule has 0 unspecified atom stereocenters. The number of nitro benzene ring substituents is 1. The fourth-order valence-corrected chi connectivity index (χ4v) is 3.65. The number of hydrogen-bond donors (Lipinski definition) is 1. The van der Waals surface area contributed by atoms with E-state index in [1.807, 2.05) is 0 Å². The van der Waals surface area contributed by atoms with Crippen LogP contribution in [0.5, 0.6) is 0 Å². The highest BCUT2D eigenvalue weighted by atomic mass is 16.6. The zero-order chi connectivity index (χ0) is 19.2. The monoisotopic (exact) mass is 379 g/mol. The lowest BCUT2D eigenvalue weighted by molar-refractivity contribution is -0.384. The van der Waals surface area contributed by atoms with Crippen molar-refractivity contribution in [3.05, 3.63) is 33.9 Å². The van der Waals surface area contributed by atoms with Gasteiger partial charge in [0.2, 0.25) is 0 Å². The minimum atomic E-state index is -0.603. The highest BCUT2D eigenvalue weighted by Crippen LogP contribution is 2.26. The van der Waals surface area contributed by atoms with Crippen LogP contribution in [0, 0.1) is 16.0 Å². The predicted octanol–water partition coefficient (Wildman–Crippen LogP) is 1.53. The van der Waals surface area contributed by atoms with Crippen molar-refractivity contribution in [2.24, 2.45) is 5.92 Å². The molecule has 0 radical (unpaired) electrons. The number of nitro groups is 1. The van der Waals surface area contributed by atoms with E-state index in [2.05, 4.69) is 10.2 Å². The molecule has 2 saturated heterocycles. The first kappa shape index (κ1) is 19.5. The van der Waals surface area contributed by atoms with Crippen molar-refractivity contribution in [1.29, 1.82) is 0 Å². The molecule has 0 amide bonds. The summed E-state index contributed by atoms with van der Waals surface area (Å²) >= 11 is 0. The van der Waals surface area contributed by atoms with Gasteiger partial charge in [0.1, 0.15) is 0 Å². The minimum absolute atomic E-state index is 0.144. The number of rotatable bonds is 7. The molecule has 2 atom stereocenters. The Kier molecular flexibility index (Phi) is 6.59. The highest BCUT2D eigenvalue weighted by molar-refractivity contribution is 5.96. The van der Waals surface area contributed by atoms with E-state index in [0.29, 0.717) is 38.0 Å². The van der Waals surface area contributed by atoms with Crippen LogP contribution >= 0.6 is 0 Å². The summed E-state index contributed by atoms with van der Waals surface area (Å²) in [6.45, 7) is 5.20. The van der Waals surface area contributed by atoms with Gasteiger partial charge in [0.25, 0.3) is 5.69 Å². The van der Waals surface area contributed by atoms with E-state index in [9.17, 15) is 14.9 Å². The summed E-state index contributed by atoms with van der Waals surface area (Å²) in [7, 11) is 1.26. The zero-order valence-corrected chi connectivity index (χ0v) is 15.4. The van der Waals surface area contributed by atoms with Crippen molar-refractivity contribution in [3.8, 4) is 0 Å². The van der Waals surface area contributed by atoms with Crippen LogP contribution in [0.15, 0.2) is 18.2 Å². The van der Waals surface area contributed by atoms with E-state index in [0.717, 1.165) is 26.1 Å². The van der Waals surface area contributed by atoms with Gasteiger partial charge in [-0.1, -0.05) is 0 Å². The number of morpholine rings is 1. The Morgan fingerprint density at radius 2 is 2.15 bits per heavy atom. The molecule has 3 rings (SSSR count). The lowest BCUT2D eigenvalue weighted by Gasteiger charge is -2.37. The molecular formula is C18H25N3O6. The summed E-state index contributed by atoms with van der Waals surface area (Å²) in [4.78, 5) is 25.0. The van der Waals surface area contributed by atoms with Crippen molar-refractivity contribution in [2.75, 3.05) is 58.5 Å². The third-order valence-electron chi connectivity index (χ3n) is 5.14. The average Bonchev–Trinajstić information content (AvgIpc) is 3.23. The van der Waals surface area contributed by atoms with Gasteiger partial charge in [-0.25, -0.2) is 4.79 Å². The molecule has 9 nitrogen and oxygen atoms in total. The van der Waals surface area contributed by atoms with Crippen LogP contribution in [0.4, 0.5) is 11.4 Å². The number of carbonyl (C=O) groups excluding carboxylic acids is 1. The van der Waals surface area contributed by atoms with Crippen LogP contribution in [0.25, 0.3) is 0 Å². The van der Waals surface area contributed by atoms with Crippen LogP contribution in [-0.4, -0.2) is 75.0 Å². The Hall–Kier alpha value is -2.23. The third-order valence-corrected chi connectivity index (χ3v) is 5.14. The summed E-state index contributed by atoms with van der Waals surface area (Å²) in [6.07, 6.45) is 0.994. The zero-order valence-electron chi connectivity index (χ0n) is 15.4. The lowest BCUT2D eigenvalue weighted by Crippen LogP contribution is -2.50. The first-order chi connectivity index (χ1) is 13.1. The van der Waals surface area contributed by atoms with Gasteiger partial charge < -0.3 is 19.5 Å². The first-order valence-corrected chi connectivity index (χ1v) is 9.10. The van der Waals surface area contributed by atoms with Crippen molar-refractivity contribution >= 4 is 17.3 Å². The highest BCUT2D eigenvalue weighted by Gasteiger charge is 2.31. The van der Waals surface area contributed by atoms with Gasteiger partial charge in [-0.3, -0.25) is 15.0 Å². The minimum Gasteiger partial charge on any atom is -0.465 e. The van der Waals surface area contributed by atoms with Crippen LogP contribution in [0.3, 0.4) is 0 Å². The van der Waals surface area contributed by atoms with Crippen LogP contribution in [0.2, 0.25) is 0 Å². The Labute approximate surface area is 157 Å². The standard InChI is InChI=1S/C18H25N3O6/c1-25-18(22)15-10-14(21(23)24)2-3-16(15)19-11-17(13-4-7-27-12-13)20-5-8-26-9-6-20/h2-3,10,13,17,19H,4-9,11-12H2,1H3/t13-,17-/m0/s1. The number of methoxy groups -OCH3 is 1. The second-order valence-electron chi connectivity index (χ2n) is 6.70. The van der Waals surface area contributed by atoms with Gasteiger partial charge in [-0.05, 0) is 12.5 Å². The maximum Gasteiger partial charge on any atom is 0.340 e. The molecule has 2 aliphatic rings. The second-order valence-corrected chi connectivity index (χ2v) is 6.70. The summed E-state index contributed by atoms with van der Waals surface area (Å²) < 4.78 is 15.8. The Bertz CT molecular complexity index is 671. The van der Waals surface area contributed by atoms with E-state index in [1.165, 1.54) is 19.2 Å². The molecule has 2 heterocycles. The maximum absolute atomic E-state index is 12.1. The number of esters is 1. The van der Waals surface area contributed by atoms with Crippen LogP contribution in [0.1, 0.15) is 16.8 Å². The summed E-state index contributed by atoms with van der Waals surface area (Å²) in [6, 6.07) is 4.43. The number of non-ortho nitro benzene ring substituents is 1. The van der Waals surface area contributed by atoms with Crippen molar-refractivity contribution in [2.45, 2.75) is 12.5 Å². The first-order valence-electron chi connectivity index (χ1n) is 9.10. The molecule has 9 heteroatoms. The van der Waals surface area contributed by atoms with E-state index >= 15 is 0 Å². The summed E-state index contributed by atoms with van der Waals surface area (Å²) in [5.41, 5.74) is 0.551. The number of nitrogens with one attached hydrogen (secondary N) is 1. The van der Waals surface area contributed by atoms with E-state index in [-0.39, 0.29) is 17.3 Å². The lowest BCUT2D eigenvalue weighted by atomic mass is 9.96. The molecule has 0 aliphatic carbocycles. The molecule has 148 valence electrons. The maximum atomic E-state index is 12.1. The second kappa shape index (κ2) is 9.12. The summed E-state index contributed by atoms with van der Waals surface area (Å²) in [5, 5.41) is 14.3. The van der Waals surface area contributed by atoms with Crippen molar-refractivity contribution in [1.82, 2.24) is 4.90 Å². The number of anilines is 1. The van der Waals surface area contributed by atoms with Gasteiger partial charge in [0, 0.05) is 56.0 Å². The molecule has 0 spiro atoms. The Balaban J connectivity index is 1.77. The molecule has 1 aromatic carbocycles. The number of hydrogen-bond acceptors (Lipinski definition) is 8. The molecule has 0 saturated carbocycles. The van der Waals surface area contributed by atoms with Gasteiger partial charge >= 0.3 is 5.97 Å². The van der Waals surface area contributed by atoms with Gasteiger partial charge in [0.15, 0.2) is 0 Å². The van der Waals surface area contributed by atoms with E-state index in [4.69, 9.17) is 14.2 Å². The number of benzene rings is 1. The van der Waals surface area contributed by atoms with Crippen molar-refractivity contribution < 1.29 is 23.9 Å². The van der Waals surface area contributed by atoms with Crippen LogP contribution < -0.4 is 5.32 Å². The smallest absolute Gasteiger partial charge is 0.340 e. The number of carbonyl (C=O) groups is 1. The SMILES string of the molecule is COC(=O)c1cc([N+](=O)[O-])ccc1NC[C@@H]([C@H]1CCOC1)N1CCOCC1. The average molecular weight is 379 g/mol. The molecule has 0 aromatic heterocycles. The normalized spacial score (nSPS) is 21.6. The Morgan fingerprint density at radius 3 is 2.78 bits per heavy atom. The van der Waals surface area contributed by atoms with Crippen molar-refractivity contribution in [3.63, 3.8) is 0 Å². The number of nitrogens with zero attached hydrogens (tertiary/aromatic N) is 2. The van der Waals surface area contributed by atoms with Gasteiger partial charge in [-0.2, -0.15) is 0 Å². The molecule has 2 fully saturated rings. The molecule has 0 bridgehead atoms. The molecule has 27 heavy (non-hydrogen) atoms. The topological polar surface area (TPSA) is 103 Å². The quantitative estimate of drug-likeness (QED) is 0.432. The summed E-state index contributed by atoms with van der Waals surface area (Å²) in [5.74, 6) is -0.205. The third kappa shape index (κ3) is 4.74. The Morgan fingerprint density at radius 1 is 1.37 bits per heavy atom. The molecule has 1 N–H and O–H groups in total. The molecule has 2 aliphatic heterocycles. The fraction of sp³-hybridized carbons (Fsp3) is 0.611. The number of ether oxygens (including phenoxy) is 3. The van der Waals surface area contributed by atoms with Gasteiger partial charge in [-0.15, -0.1) is 0 Å². The predicted molar refractivity (Wildman–Crippen MR) is 98.0 cm³/mol. The molecular weight excluding hydrogens is 354 g/mol. The van der Waals surface area contributed by atoms with E-state index < -0.39 is 10.9 Å². The largest absolute Gasteiger partial charge is 0.465 e. The fourth-order valence-electron chi connectivity index (χ4n) is 3.65. The van der Waals surface area contributed by atoms with Gasteiger partial charge in [0.05, 0.1) is 37.4 Å². The van der Waals surface area contributed by atoms with E-state index in [1.54, 1.807) is 6.07 Å². The molecule has 1 aromatic rings.